The molecule has 0 bridgehead atoms. The van der Waals surface area contributed by atoms with E-state index in [2.05, 4.69) is 15.3 Å². The zero-order valence-electron chi connectivity index (χ0n) is 10.1. The van der Waals surface area contributed by atoms with Crippen molar-refractivity contribution < 1.29 is 4.79 Å². The van der Waals surface area contributed by atoms with E-state index in [1.807, 2.05) is 18.2 Å². The van der Waals surface area contributed by atoms with Crippen molar-refractivity contribution in [1.82, 2.24) is 15.3 Å². The Hall–Kier alpha value is -1.50. The summed E-state index contributed by atoms with van der Waals surface area (Å²) in [5.41, 5.74) is 6.48. The number of nitrogens with two attached hydrogens (primary N) is 1. The van der Waals surface area contributed by atoms with Crippen molar-refractivity contribution in [3.8, 4) is 0 Å². The molecule has 0 radical (unpaired) electrons. The quantitative estimate of drug-likeness (QED) is 0.878. The van der Waals surface area contributed by atoms with Gasteiger partial charge in [-0.2, -0.15) is 0 Å². The fourth-order valence-corrected chi connectivity index (χ4v) is 2.66. The molecule has 0 aliphatic heterocycles. The highest BCUT2D eigenvalue weighted by Gasteiger charge is 2.16. The van der Waals surface area contributed by atoms with Gasteiger partial charge in [0, 0.05) is 12.6 Å². The van der Waals surface area contributed by atoms with Crippen molar-refractivity contribution in [3.63, 3.8) is 0 Å². The largest absolute Gasteiger partial charge is 0.345 e. The number of carbonyl (C=O) groups is 1. The molecule has 5 nitrogen and oxygen atoms in total. The van der Waals surface area contributed by atoms with Gasteiger partial charge in [0.05, 0.1) is 17.2 Å². The van der Waals surface area contributed by atoms with E-state index in [0.29, 0.717) is 23.8 Å². The SMILES string of the molecule is NCCc1nc(C(=O)NCc2ccccn2)c(Cl)s1. The van der Waals surface area contributed by atoms with Gasteiger partial charge >= 0.3 is 0 Å². The molecular weight excluding hydrogens is 284 g/mol. The summed E-state index contributed by atoms with van der Waals surface area (Å²) in [5.74, 6) is -0.296. The van der Waals surface area contributed by atoms with Crippen LogP contribution in [0.4, 0.5) is 0 Å². The highest BCUT2D eigenvalue weighted by Crippen LogP contribution is 2.24. The van der Waals surface area contributed by atoms with Gasteiger partial charge in [0.1, 0.15) is 4.34 Å². The summed E-state index contributed by atoms with van der Waals surface area (Å²) in [6.45, 7) is 0.832. The summed E-state index contributed by atoms with van der Waals surface area (Å²) in [4.78, 5) is 20.3. The molecule has 7 heteroatoms. The van der Waals surface area contributed by atoms with Crippen LogP contribution in [0.1, 0.15) is 21.2 Å². The fourth-order valence-electron chi connectivity index (χ4n) is 1.47. The number of hydrogen-bond donors (Lipinski definition) is 2. The Morgan fingerprint density at radius 2 is 2.32 bits per heavy atom. The molecular formula is C12H13ClN4OS. The van der Waals surface area contributed by atoms with Gasteiger partial charge in [0.15, 0.2) is 5.69 Å². The predicted molar refractivity (Wildman–Crippen MR) is 75.3 cm³/mol. The van der Waals surface area contributed by atoms with Gasteiger partial charge in [0.25, 0.3) is 5.91 Å². The van der Waals surface area contributed by atoms with Crippen molar-refractivity contribution in [2.45, 2.75) is 13.0 Å². The molecule has 2 aromatic rings. The highest BCUT2D eigenvalue weighted by atomic mass is 35.5. The molecule has 1 amide bonds. The second-order valence-electron chi connectivity index (χ2n) is 3.77. The maximum Gasteiger partial charge on any atom is 0.272 e. The smallest absolute Gasteiger partial charge is 0.272 e. The van der Waals surface area contributed by atoms with Crippen LogP contribution >= 0.6 is 22.9 Å². The molecule has 0 aromatic carbocycles. The average molecular weight is 297 g/mol. The van der Waals surface area contributed by atoms with Crippen molar-refractivity contribution in [1.29, 1.82) is 0 Å². The molecule has 0 saturated carbocycles. The van der Waals surface area contributed by atoms with Gasteiger partial charge < -0.3 is 11.1 Å². The Bertz CT molecular complexity index is 558. The van der Waals surface area contributed by atoms with E-state index in [0.717, 1.165) is 10.7 Å². The molecule has 100 valence electrons. The molecule has 2 heterocycles. The van der Waals surface area contributed by atoms with E-state index in [4.69, 9.17) is 17.3 Å². The Morgan fingerprint density at radius 3 is 3.00 bits per heavy atom. The second kappa shape index (κ2) is 6.60. The lowest BCUT2D eigenvalue weighted by Crippen LogP contribution is -2.24. The van der Waals surface area contributed by atoms with Crippen LogP contribution in [0.25, 0.3) is 0 Å². The normalized spacial score (nSPS) is 10.4. The van der Waals surface area contributed by atoms with Gasteiger partial charge in [-0.25, -0.2) is 4.98 Å². The zero-order valence-corrected chi connectivity index (χ0v) is 11.7. The van der Waals surface area contributed by atoms with Crippen LogP contribution in [0.15, 0.2) is 24.4 Å². The summed E-state index contributed by atoms with van der Waals surface area (Å²) in [6.07, 6.45) is 2.30. The monoisotopic (exact) mass is 296 g/mol. The third-order valence-electron chi connectivity index (χ3n) is 2.36. The van der Waals surface area contributed by atoms with Gasteiger partial charge in [-0.3, -0.25) is 9.78 Å². The van der Waals surface area contributed by atoms with Crippen LogP contribution in [-0.2, 0) is 13.0 Å². The number of aromatic nitrogens is 2. The third-order valence-corrected chi connectivity index (χ3v) is 3.67. The van der Waals surface area contributed by atoms with Crippen molar-refractivity contribution in [2.75, 3.05) is 6.54 Å². The van der Waals surface area contributed by atoms with Crippen LogP contribution in [0.2, 0.25) is 4.34 Å². The maximum absolute atomic E-state index is 11.9. The molecule has 2 aromatic heterocycles. The summed E-state index contributed by atoms with van der Waals surface area (Å²) in [5, 5.41) is 3.51. The Balaban J connectivity index is 2.00. The summed E-state index contributed by atoms with van der Waals surface area (Å²) in [6, 6.07) is 5.52. The Labute approximate surface area is 119 Å². The minimum atomic E-state index is -0.296. The lowest BCUT2D eigenvalue weighted by Gasteiger charge is -2.02. The zero-order chi connectivity index (χ0) is 13.7. The van der Waals surface area contributed by atoms with Crippen molar-refractivity contribution in [2.24, 2.45) is 5.73 Å². The van der Waals surface area contributed by atoms with E-state index in [1.54, 1.807) is 6.20 Å². The van der Waals surface area contributed by atoms with Gasteiger partial charge in [-0.05, 0) is 18.7 Å². The first-order chi connectivity index (χ1) is 9.20. The number of nitrogens with one attached hydrogen (secondary N) is 1. The molecule has 3 N–H and O–H groups in total. The van der Waals surface area contributed by atoms with Gasteiger partial charge in [-0.1, -0.05) is 17.7 Å². The van der Waals surface area contributed by atoms with Crippen LogP contribution in [0, 0.1) is 0 Å². The van der Waals surface area contributed by atoms with Crippen LogP contribution in [0.3, 0.4) is 0 Å². The average Bonchev–Trinajstić information content (AvgIpc) is 2.79. The van der Waals surface area contributed by atoms with Crippen LogP contribution < -0.4 is 11.1 Å². The number of carbonyl (C=O) groups excluding carboxylic acids is 1. The molecule has 0 aliphatic carbocycles. The lowest BCUT2D eigenvalue weighted by atomic mass is 10.3. The molecule has 0 atom stereocenters. The van der Waals surface area contributed by atoms with Crippen LogP contribution in [-0.4, -0.2) is 22.4 Å². The van der Waals surface area contributed by atoms with E-state index in [1.165, 1.54) is 11.3 Å². The number of nitrogens with zero attached hydrogens (tertiary/aromatic N) is 2. The minimum absolute atomic E-state index is 0.256. The summed E-state index contributed by atoms with van der Waals surface area (Å²) >= 11 is 7.28. The minimum Gasteiger partial charge on any atom is -0.345 e. The van der Waals surface area contributed by atoms with Gasteiger partial charge in [0.2, 0.25) is 0 Å². The molecule has 0 fully saturated rings. The maximum atomic E-state index is 11.9. The molecule has 0 unspecified atom stereocenters. The first-order valence-electron chi connectivity index (χ1n) is 5.74. The van der Waals surface area contributed by atoms with Gasteiger partial charge in [-0.15, -0.1) is 11.3 Å². The molecule has 19 heavy (non-hydrogen) atoms. The molecule has 0 spiro atoms. The van der Waals surface area contributed by atoms with Crippen molar-refractivity contribution in [3.05, 3.63) is 45.1 Å². The standard InChI is InChI=1S/C12H13ClN4OS/c13-11-10(17-9(19-11)4-5-14)12(18)16-7-8-3-1-2-6-15-8/h1-3,6H,4-5,7,14H2,(H,16,18). The lowest BCUT2D eigenvalue weighted by molar-refractivity contribution is 0.0946. The number of pyridine rings is 1. The number of amides is 1. The number of rotatable bonds is 5. The van der Waals surface area contributed by atoms with E-state index in [-0.39, 0.29) is 11.6 Å². The van der Waals surface area contributed by atoms with E-state index >= 15 is 0 Å². The molecule has 0 saturated heterocycles. The topological polar surface area (TPSA) is 80.9 Å². The van der Waals surface area contributed by atoms with Crippen molar-refractivity contribution >= 4 is 28.8 Å². The number of hydrogen-bond acceptors (Lipinski definition) is 5. The molecule has 2 rings (SSSR count). The molecule has 0 aliphatic rings. The number of halogens is 1. The first kappa shape index (κ1) is 13.9. The predicted octanol–water partition coefficient (Wildman–Crippen LogP) is 1.62. The highest BCUT2D eigenvalue weighted by molar-refractivity contribution is 7.16. The van der Waals surface area contributed by atoms with E-state index in [9.17, 15) is 4.79 Å². The van der Waals surface area contributed by atoms with Crippen LogP contribution in [0.5, 0.6) is 0 Å². The summed E-state index contributed by atoms with van der Waals surface area (Å²) < 4.78 is 0.391. The Kier molecular flexibility index (Phi) is 4.84. The summed E-state index contributed by atoms with van der Waals surface area (Å²) in [7, 11) is 0. The second-order valence-corrected chi connectivity index (χ2v) is 5.46. The fraction of sp³-hybridized carbons (Fsp3) is 0.250. The van der Waals surface area contributed by atoms with E-state index < -0.39 is 0 Å². The Morgan fingerprint density at radius 1 is 1.47 bits per heavy atom. The third kappa shape index (κ3) is 3.73. The number of thiazole rings is 1. The first-order valence-corrected chi connectivity index (χ1v) is 6.93.